The van der Waals surface area contributed by atoms with Crippen molar-refractivity contribution < 1.29 is 9.18 Å². The highest BCUT2D eigenvalue weighted by molar-refractivity contribution is 6.33. The number of rotatable bonds is 2. The van der Waals surface area contributed by atoms with Gasteiger partial charge in [-0.2, -0.15) is 9.49 Å². The molecule has 0 aliphatic carbocycles. The summed E-state index contributed by atoms with van der Waals surface area (Å²) >= 11 is 6.35. The summed E-state index contributed by atoms with van der Waals surface area (Å²) in [4.78, 5) is 34.2. The molecular weight excluding hydrogens is 411 g/mol. The van der Waals surface area contributed by atoms with E-state index >= 15 is 0 Å². The lowest BCUT2D eigenvalue weighted by molar-refractivity contribution is 0.177. The Bertz CT molecular complexity index is 1200. The molecule has 3 aromatic heterocycles. The van der Waals surface area contributed by atoms with Crippen LogP contribution in [0.15, 0.2) is 41.5 Å². The standard InChI is InChI=1S/C20H16ClFN6O2/c21-14-7-17(24-9-13(14)10-1-4-16(22)23-8-10)25-20(30)28-12-2-3-15(28)19-11(5-12)6-18(29)26-27-19/h1,4,6-9,12,15H,2-3,5H2,(H,26,29)(H,24,25,30)/t12-,15+/m0/s1. The smallest absolute Gasteiger partial charge is 0.312 e. The zero-order chi connectivity index (χ0) is 20.8. The van der Waals surface area contributed by atoms with E-state index in [1.165, 1.54) is 18.5 Å². The Morgan fingerprint density at radius 2 is 2.10 bits per heavy atom. The van der Waals surface area contributed by atoms with Crippen molar-refractivity contribution in [2.24, 2.45) is 0 Å². The van der Waals surface area contributed by atoms with Crippen molar-refractivity contribution in [1.82, 2.24) is 25.1 Å². The lowest BCUT2D eigenvalue weighted by Gasteiger charge is -2.35. The van der Waals surface area contributed by atoms with E-state index in [0.29, 0.717) is 28.4 Å². The number of aromatic nitrogens is 4. The first-order valence-electron chi connectivity index (χ1n) is 9.45. The third-order valence-electron chi connectivity index (χ3n) is 5.56. The lowest BCUT2D eigenvalue weighted by Crippen LogP contribution is -2.45. The molecule has 8 nitrogen and oxygen atoms in total. The van der Waals surface area contributed by atoms with Gasteiger partial charge in [0.15, 0.2) is 0 Å². The first-order valence-corrected chi connectivity index (χ1v) is 9.82. The van der Waals surface area contributed by atoms with E-state index in [4.69, 9.17) is 11.6 Å². The average Bonchev–Trinajstić information content (AvgIpc) is 3.04. The summed E-state index contributed by atoms with van der Waals surface area (Å²) in [5.41, 5.74) is 2.61. The van der Waals surface area contributed by atoms with Gasteiger partial charge in [0.25, 0.3) is 5.56 Å². The van der Waals surface area contributed by atoms with Crippen molar-refractivity contribution >= 4 is 23.4 Å². The molecule has 5 heterocycles. The van der Waals surface area contributed by atoms with E-state index in [2.05, 4.69) is 25.5 Å². The summed E-state index contributed by atoms with van der Waals surface area (Å²) in [6.07, 6.45) is 5.11. The molecule has 2 N–H and O–H groups in total. The van der Waals surface area contributed by atoms with E-state index in [-0.39, 0.29) is 23.7 Å². The Morgan fingerprint density at radius 3 is 2.87 bits per heavy atom. The SMILES string of the molecule is O=C(Nc1cc(Cl)c(-c2ccc(F)nc2)cn1)N1[C@H]2CC[C@@H]1c1n[nH]c(=O)cc1C2. The van der Waals surface area contributed by atoms with Crippen LogP contribution in [0.1, 0.15) is 30.1 Å². The molecule has 2 bridgehead atoms. The van der Waals surface area contributed by atoms with Crippen molar-refractivity contribution in [3.8, 4) is 11.1 Å². The quantitative estimate of drug-likeness (QED) is 0.612. The Kier molecular flexibility index (Phi) is 4.47. The maximum Gasteiger partial charge on any atom is 0.323 e. The summed E-state index contributed by atoms with van der Waals surface area (Å²) in [5.74, 6) is -0.272. The number of anilines is 1. The molecule has 1 fully saturated rings. The van der Waals surface area contributed by atoms with Crippen LogP contribution in [0, 0.1) is 5.95 Å². The van der Waals surface area contributed by atoms with Crippen LogP contribution < -0.4 is 10.9 Å². The second-order valence-corrected chi connectivity index (χ2v) is 7.76. The number of nitrogens with zero attached hydrogens (tertiary/aromatic N) is 4. The summed E-state index contributed by atoms with van der Waals surface area (Å²) in [5, 5.41) is 9.80. The third-order valence-corrected chi connectivity index (χ3v) is 5.87. The van der Waals surface area contributed by atoms with E-state index in [1.807, 2.05) is 0 Å². The largest absolute Gasteiger partial charge is 0.323 e. The van der Waals surface area contributed by atoms with Gasteiger partial charge in [-0.3, -0.25) is 10.1 Å². The molecule has 0 radical (unpaired) electrons. The van der Waals surface area contributed by atoms with Gasteiger partial charge >= 0.3 is 6.03 Å². The van der Waals surface area contributed by atoms with E-state index in [1.54, 1.807) is 23.1 Å². The second kappa shape index (κ2) is 7.17. The molecule has 0 saturated carbocycles. The zero-order valence-electron chi connectivity index (χ0n) is 15.6. The Morgan fingerprint density at radius 1 is 1.23 bits per heavy atom. The van der Waals surface area contributed by atoms with Gasteiger partial charge in [0.1, 0.15) is 5.82 Å². The van der Waals surface area contributed by atoms with E-state index < -0.39 is 5.95 Å². The minimum atomic E-state index is -0.581. The summed E-state index contributed by atoms with van der Waals surface area (Å²) in [6.45, 7) is 0. The average molecular weight is 427 g/mol. The predicted molar refractivity (Wildman–Crippen MR) is 108 cm³/mol. The molecule has 2 aliphatic heterocycles. The van der Waals surface area contributed by atoms with Crippen LogP contribution in [0.2, 0.25) is 5.02 Å². The number of carbonyl (C=O) groups is 1. The molecule has 0 aromatic carbocycles. The Balaban J connectivity index is 1.37. The van der Waals surface area contributed by atoms with Gasteiger partial charge in [-0.05, 0) is 37.0 Å². The fourth-order valence-corrected chi connectivity index (χ4v) is 4.50. The minimum absolute atomic E-state index is 0.00568. The number of nitrogens with one attached hydrogen (secondary N) is 2. The molecule has 30 heavy (non-hydrogen) atoms. The second-order valence-electron chi connectivity index (χ2n) is 7.35. The molecule has 10 heteroatoms. The fourth-order valence-electron chi connectivity index (χ4n) is 4.24. The number of halogens is 2. The molecule has 2 atom stereocenters. The number of fused-ring (bicyclic) bond motifs is 4. The fraction of sp³-hybridized carbons (Fsp3) is 0.250. The summed E-state index contributed by atoms with van der Waals surface area (Å²) < 4.78 is 13.0. The number of pyridine rings is 2. The van der Waals surface area contributed by atoms with Gasteiger partial charge in [0.2, 0.25) is 5.95 Å². The van der Waals surface area contributed by atoms with Crippen molar-refractivity contribution in [2.75, 3.05) is 5.32 Å². The molecule has 2 amide bonds. The van der Waals surface area contributed by atoms with Crippen molar-refractivity contribution in [1.29, 1.82) is 0 Å². The van der Waals surface area contributed by atoms with Crippen molar-refractivity contribution in [2.45, 2.75) is 31.3 Å². The number of carbonyl (C=O) groups excluding carboxylic acids is 1. The molecule has 0 spiro atoms. The molecule has 3 aromatic rings. The summed E-state index contributed by atoms with van der Waals surface area (Å²) in [6, 6.07) is 5.44. The number of amides is 2. The van der Waals surface area contributed by atoms with E-state index in [9.17, 15) is 14.0 Å². The van der Waals surface area contributed by atoms with Crippen LogP contribution in [0.4, 0.5) is 15.0 Å². The molecule has 0 unspecified atom stereocenters. The number of hydrogen-bond donors (Lipinski definition) is 2. The molecule has 2 aliphatic rings. The van der Waals surface area contributed by atoms with Crippen LogP contribution in [-0.2, 0) is 6.42 Å². The number of hydrogen-bond acceptors (Lipinski definition) is 5. The summed E-state index contributed by atoms with van der Waals surface area (Å²) in [7, 11) is 0. The monoisotopic (exact) mass is 426 g/mol. The first-order chi connectivity index (χ1) is 14.5. The normalized spacial score (nSPS) is 19.5. The topological polar surface area (TPSA) is 104 Å². The number of urea groups is 1. The molecule has 152 valence electrons. The molecule has 5 rings (SSSR count). The number of H-pyrrole nitrogens is 1. The van der Waals surface area contributed by atoms with Crippen LogP contribution >= 0.6 is 11.6 Å². The third kappa shape index (κ3) is 3.21. The minimum Gasteiger partial charge on any atom is -0.312 e. The predicted octanol–water partition coefficient (Wildman–Crippen LogP) is 3.31. The van der Waals surface area contributed by atoms with Gasteiger partial charge in [-0.15, -0.1) is 0 Å². The van der Waals surface area contributed by atoms with Gasteiger partial charge in [0.05, 0.1) is 16.8 Å². The lowest BCUT2D eigenvalue weighted by atomic mass is 9.99. The van der Waals surface area contributed by atoms with Gasteiger partial charge in [-0.25, -0.2) is 19.9 Å². The molecule has 1 saturated heterocycles. The van der Waals surface area contributed by atoms with Crippen LogP contribution in [-0.4, -0.2) is 37.1 Å². The van der Waals surface area contributed by atoms with Crippen molar-refractivity contribution in [3.05, 3.63) is 69.2 Å². The highest BCUT2D eigenvalue weighted by atomic mass is 35.5. The zero-order valence-corrected chi connectivity index (χ0v) is 16.4. The maximum absolute atomic E-state index is 13.0. The van der Waals surface area contributed by atoms with Crippen LogP contribution in [0.3, 0.4) is 0 Å². The van der Waals surface area contributed by atoms with Gasteiger partial charge < -0.3 is 4.90 Å². The highest BCUT2D eigenvalue weighted by Gasteiger charge is 2.43. The Hall–Kier alpha value is -3.33. The Labute approximate surface area is 175 Å². The van der Waals surface area contributed by atoms with Crippen molar-refractivity contribution in [3.63, 3.8) is 0 Å². The number of aromatic amines is 1. The molecular formula is C20H16ClFN6O2. The van der Waals surface area contributed by atoms with Crippen LogP contribution in [0.5, 0.6) is 0 Å². The highest BCUT2D eigenvalue weighted by Crippen LogP contribution is 2.42. The first kappa shape index (κ1) is 18.7. The van der Waals surface area contributed by atoms with E-state index in [0.717, 1.165) is 24.1 Å². The van der Waals surface area contributed by atoms with Gasteiger partial charge in [-0.1, -0.05) is 11.6 Å². The van der Waals surface area contributed by atoms with Gasteiger partial charge in [0, 0.05) is 41.7 Å². The van der Waals surface area contributed by atoms with Crippen LogP contribution in [0.25, 0.3) is 11.1 Å². The maximum atomic E-state index is 13.0.